The Kier molecular flexibility index (Phi) is 4.45. The molecule has 0 aliphatic carbocycles. The second kappa shape index (κ2) is 5.94. The van der Waals surface area contributed by atoms with Crippen LogP contribution in [0, 0.1) is 17.5 Å². The third-order valence-corrected chi connectivity index (χ3v) is 3.55. The molecule has 20 heavy (non-hydrogen) atoms. The number of benzene rings is 2. The molecule has 0 heterocycles. The Labute approximate surface area is 124 Å². The quantitative estimate of drug-likeness (QED) is 0.728. The molecule has 6 heteroatoms. The molecule has 0 aromatic heterocycles. The zero-order valence-corrected chi connectivity index (χ0v) is 11.9. The summed E-state index contributed by atoms with van der Waals surface area (Å²) in [4.78, 5) is 0. The normalized spacial score (nSPS) is 12.3. The molecule has 0 saturated heterocycles. The van der Waals surface area contributed by atoms with E-state index in [0.717, 1.165) is 6.07 Å². The Morgan fingerprint density at radius 3 is 2.35 bits per heavy atom. The Bertz CT molecular complexity index is 647. The molecule has 1 atom stereocenters. The van der Waals surface area contributed by atoms with Crippen LogP contribution in [0.1, 0.15) is 18.5 Å². The van der Waals surface area contributed by atoms with Crippen molar-refractivity contribution in [2.75, 3.05) is 5.32 Å². The van der Waals surface area contributed by atoms with E-state index in [9.17, 15) is 13.2 Å². The fourth-order valence-electron chi connectivity index (χ4n) is 1.76. The molecule has 0 radical (unpaired) electrons. The molecule has 2 aromatic carbocycles. The van der Waals surface area contributed by atoms with Crippen molar-refractivity contribution in [2.24, 2.45) is 0 Å². The highest BCUT2D eigenvalue weighted by molar-refractivity contribution is 6.42. The predicted octanol–water partition coefficient (Wildman–Crippen LogP) is 5.58. The summed E-state index contributed by atoms with van der Waals surface area (Å²) in [5.41, 5.74) is 0.463. The van der Waals surface area contributed by atoms with Crippen LogP contribution in [0.25, 0.3) is 0 Å². The maximum absolute atomic E-state index is 13.5. The van der Waals surface area contributed by atoms with Crippen LogP contribution in [0.4, 0.5) is 18.9 Å². The van der Waals surface area contributed by atoms with Gasteiger partial charge >= 0.3 is 0 Å². The van der Waals surface area contributed by atoms with Crippen molar-refractivity contribution >= 4 is 28.9 Å². The first-order valence-electron chi connectivity index (χ1n) is 5.74. The SMILES string of the molecule is CC(Nc1cc(F)cc(F)c1F)c1ccc(Cl)c(Cl)c1. The van der Waals surface area contributed by atoms with Gasteiger partial charge in [0.05, 0.1) is 15.7 Å². The van der Waals surface area contributed by atoms with Crippen LogP contribution in [-0.2, 0) is 0 Å². The van der Waals surface area contributed by atoms with Gasteiger partial charge in [0.25, 0.3) is 0 Å². The van der Waals surface area contributed by atoms with Gasteiger partial charge in [-0.3, -0.25) is 0 Å². The third-order valence-electron chi connectivity index (χ3n) is 2.81. The summed E-state index contributed by atoms with van der Waals surface area (Å²) in [6.45, 7) is 1.71. The lowest BCUT2D eigenvalue weighted by molar-refractivity contribution is 0.496. The van der Waals surface area contributed by atoms with Gasteiger partial charge in [-0.25, -0.2) is 13.2 Å². The molecule has 0 spiro atoms. The van der Waals surface area contributed by atoms with Crippen LogP contribution < -0.4 is 5.32 Å². The molecule has 0 aliphatic heterocycles. The van der Waals surface area contributed by atoms with Gasteiger partial charge < -0.3 is 5.32 Å². The van der Waals surface area contributed by atoms with Crippen molar-refractivity contribution in [1.29, 1.82) is 0 Å². The molecular formula is C14H10Cl2F3N. The van der Waals surface area contributed by atoms with E-state index in [4.69, 9.17) is 23.2 Å². The van der Waals surface area contributed by atoms with Gasteiger partial charge in [-0.2, -0.15) is 0 Å². The molecule has 106 valence electrons. The lowest BCUT2D eigenvalue weighted by atomic mass is 10.1. The van der Waals surface area contributed by atoms with Crippen molar-refractivity contribution in [3.05, 3.63) is 63.4 Å². The highest BCUT2D eigenvalue weighted by Gasteiger charge is 2.14. The van der Waals surface area contributed by atoms with Crippen LogP contribution in [0.15, 0.2) is 30.3 Å². The standard InChI is InChI=1S/C14H10Cl2F3N/c1-7(8-2-3-10(15)11(16)4-8)20-13-6-9(17)5-12(18)14(13)19/h2-7,20H,1H3. The minimum absolute atomic E-state index is 0.249. The van der Waals surface area contributed by atoms with Gasteiger partial charge in [0.15, 0.2) is 11.6 Å². The van der Waals surface area contributed by atoms with E-state index in [1.165, 1.54) is 0 Å². The Morgan fingerprint density at radius 1 is 1.00 bits per heavy atom. The van der Waals surface area contributed by atoms with Gasteiger partial charge in [0, 0.05) is 18.2 Å². The number of hydrogen-bond acceptors (Lipinski definition) is 1. The van der Waals surface area contributed by atoms with E-state index in [-0.39, 0.29) is 5.69 Å². The van der Waals surface area contributed by atoms with Crippen LogP contribution in [0.2, 0.25) is 10.0 Å². The molecule has 0 fully saturated rings. The highest BCUT2D eigenvalue weighted by Crippen LogP contribution is 2.28. The molecule has 2 rings (SSSR count). The molecule has 1 N–H and O–H groups in total. The van der Waals surface area contributed by atoms with Crippen molar-refractivity contribution in [2.45, 2.75) is 13.0 Å². The van der Waals surface area contributed by atoms with E-state index < -0.39 is 23.5 Å². The van der Waals surface area contributed by atoms with Crippen molar-refractivity contribution in [1.82, 2.24) is 0 Å². The average molecular weight is 320 g/mol. The van der Waals surface area contributed by atoms with Gasteiger partial charge in [0.1, 0.15) is 5.82 Å². The first kappa shape index (κ1) is 15.0. The van der Waals surface area contributed by atoms with Crippen molar-refractivity contribution < 1.29 is 13.2 Å². The zero-order valence-electron chi connectivity index (χ0n) is 10.4. The summed E-state index contributed by atoms with van der Waals surface area (Å²) in [7, 11) is 0. The van der Waals surface area contributed by atoms with Gasteiger partial charge in [-0.15, -0.1) is 0 Å². The largest absolute Gasteiger partial charge is 0.376 e. The van der Waals surface area contributed by atoms with E-state index >= 15 is 0 Å². The monoisotopic (exact) mass is 319 g/mol. The lowest BCUT2D eigenvalue weighted by Crippen LogP contribution is -2.09. The minimum atomic E-state index is -1.24. The molecule has 1 nitrogen and oxygen atoms in total. The smallest absolute Gasteiger partial charge is 0.182 e. The predicted molar refractivity (Wildman–Crippen MR) is 74.8 cm³/mol. The topological polar surface area (TPSA) is 12.0 Å². The third kappa shape index (κ3) is 3.19. The summed E-state index contributed by atoms with van der Waals surface area (Å²) in [6.07, 6.45) is 0. The fraction of sp³-hybridized carbons (Fsp3) is 0.143. The highest BCUT2D eigenvalue weighted by atomic mass is 35.5. The summed E-state index contributed by atoms with van der Waals surface area (Å²) < 4.78 is 39.8. The summed E-state index contributed by atoms with van der Waals surface area (Å²) in [5.74, 6) is -3.22. The molecular weight excluding hydrogens is 310 g/mol. The van der Waals surface area contributed by atoms with Crippen LogP contribution in [0.3, 0.4) is 0 Å². The molecule has 0 amide bonds. The molecule has 0 bridgehead atoms. The zero-order chi connectivity index (χ0) is 14.9. The first-order valence-corrected chi connectivity index (χ1v) is 6.50. The van der Waals surface area contributed by atoms with Gasteiger partial charge in [-0.05, 0) is 24.6 Å². The van der Waals surface area contributed by atoms with E-state index in [1.807, 2.05) is 0 Å². The Morgan fingerprint density at radius 2 is 1.70 bits per heavy atom. The molecule has 2 aromatic rings. The average Bonchev–Trinajstić information content (AvgIpc) is 2.38. The van der Waals surface area contributed by atoms with E-state index in [2.05, 4.69) is 5.32 Å². The maximum Gasteiger partial charge on any atom is 0.182 e. The summed E-state index contributed by atoms with van der Waals surface area (Å²) in [6, 6.07) is 5.88. The van der Waals surface area contributed by atoms with E-state index in [1.54, 1.807) is 25.1 Å². The second-order valence-electron chi connectivity index (χ2n) is 4.29. The molecule has 0 aliphatic rings. The number of anilines is 1. The molecule has 1 unspecified atom stereocenters. The number of hydrogen-bond donors (Lipinski definition) is 1. The summed E-state index contributed by atoms with van der Waals surface area (Å²) >= 11 is 11.7. The second-order valence-corrected chi connectivity index (χ2v) is 5.10. The van der Waals surface area contributed by atoms with Gasteiger partial charge in [-0.1, -0.05) is 29.3 Å². The Balaban J connectivity index is 2.27. The Hall–Kier alpha value is -1.39. The van der Waals surface area contributed by atoms with Crippen LogP contribution >= 0.6 is 23.2 Å². The number of nitrogens with one attached hydrogen (secondary N) is 1. The van der Waals surface area contributed by atoms with Crippen LogP contribution in [-0.4, -0.2) is 0 Å². The lowest BCUT2D eigenvalue weighted by Gasteiger charge is -2.17. The van der Waals surface area contributed by atoms with E-state index in [0.29, 0.717) is 21.7 Å². The first-order chi connectivity index (χ1) is 9.38. The summed E-state index contributed by atoms with van der Waals surface area (Å²) in [5, 5.41) is 3.44. The van der Waals surface area contributed by atoms with Crippen molar-refractivity contribution in [3.63, 3.8) is 0 Å². The van der Waals surface area contributed by atoms with Gasteiger partial charge in [0.2, 0.25) is 0 Å². The number of halogens is 5. The fourth-order valence-corrected chi connectivity index (χ4v) is 2.07. The molecule has 0 saturated carbocycles. The maximum atomic E-state index is 13.5. The van der Waals surface area contributed by atoms with Crippen LogP contribution in [0.5, 0.6) is 0 Å². The number of rotatable bonds is 3. The minimum Gasteiger partial charge on any atom is -0.376 e. The van der Waals surface area contributed by atoms with Crippen molar-refractivity contribution in [3.8, 4) is 0 Å².